The summed E-state index contributed by atoms with van der Waals surface area (Å²) in [6.07, 6.45) is 0.930. The molecule has 1 aromatic carbocycles. The Morgan fingerprint density at radius 1 is 1.07 bits per heavy atom. The zero-order chi connectivity index (χ0) is 19.7. The maximum Gasteiger partial charge on any atom is 0.161 e. The van der Waals surface area contributed by atoms with Crippen molar-refractivity contribution in [1.29, 1.82) is 0 Å². The van der Waals surface area contributed by atoms with Crippen molar-refractivity contribution in [3.8, 4) is 22.8 Å². The third-order valence-electron chi connectivity index (χ3n) is 5.33. The van der Waals surface area contributed by atoms with Crippen molar-refractivity contribution < 1.29 is 9.47 Å². The molecule has 0 saturated carbocycles. The van der Waals surface area contributed by atoms with Crippen LogP contribution in [-0.4, -0.2) is 55.0 Å². The third kappa shape index (κ3) is 3.16. The van der Waals surface area contributed by atoms with Crippen molar-refractivity contribution in [2.24, 2.45) is 0 Å². The Bertz CT molecular complexity index is 992. The summed E-state index contributed by atoms with van der Waals surface area (Å²) in [5.74, 6) is 2.56. The fourth-order valence-electron chi connectivity index (χ4n) is 3.89. The zero-order valence-corrected chi connectivity index (χ0v) is 17.0. The second-order valence-corrected chi connectivity index (χ2v) is 6.96. The highest BCUT2D eigenvalue weighted by atomic mass is 16.5. The summed E-state index contributed by atoms with van der Waals surface area (Å²) in [5, 5.41) is 8.36. The van der Waals surface area contributed by atoms with Gasteiger partial charge >= 0.3 is 0 Å². The molecule has 148 valence electrons. The summed E-state index contributed by atoms with van der Waals surface area (Å²) >= 11 is 0. The lowest BCUT2D eigenvalue weighted by molar-refractivity contribution is 0.355. The van der Waals surface area contributed by atoms with Crippen LogP contribution in [0.15, 0.2) is 24.3 Å². The number of piperazine rings is 1. The van der Waals surface area contributed by atoms with Gasteiger partial charge in [0.25, 0.3) is 0 Å². The predicted octanol–water partition coefficient (Wildman–Crippen LogP) is 2.69. The van der Waals surface area contributed by atoms with E-state index in [1.807, 2.05) is 28.8 Å². The van der Waals surface area contributed by atoms with Gasteiger partial charge in [-0.2, -0.15) is 9.61 Å². The Hall–Kier alpha value is -2.80. The van der Waals surface area contributed by atoms with E-state index < -0.39 is 0 Å². The molecule has 3 heterocycles. The van der Waals surface area contributed by atoms with Gasteiger partial charge in [-0.1, -0.05) is 6.92 Å². The molecule has 0 spiro atoms. The summed E-state index contributed by atoms with van der Waals surface area (Å²) in [6, 6.07) is 7.91. The molecule has 7 nitrogen and oxygen atoms in total. The van der Waals surface area contributed by atoms with Crippen molar-refractivity contribution in [2.45, 2.75) is 20.3 Å². The molecule has 0 atom stereocenters. The first-order valence-electron chi connectivity index (χ1n) is 9.73. The Kier molecular flexibility index (Phi) is 5.09. The van der Waals surface area contributed by atoms with Crippen LogP contribution in [0.5, 0.6) is 11.5 Å². The highest BCUT2D eigenvalue weighted by molar-refractivity contribution is 5.69. The Morgan fingerprint density at radius 3 is 2.50 bits per heavy atom. The number of hydrogen-bond acceptors (Lipinski definition) is 6. The molecule has 0 bridgehead atoms. The van der Waals surface area contributed by atoms with Crippen molar-refractivity contribution in [2.75, 3.05) is 45.3 Å². The summed E-state index contributed by atoms with van der Waals surface area (Å²) < 4.78 is 12.8. The first kappa shape index (κ1) is 18.6. The number of rotatable bonds is 5. The lowest BCUT2D eigenvalue weighted by Gasteiger charge is -2.31. The summed E-state index contributed by atoms with van der Waals surface area (Å²) in [4.78, 5) is 7.25. The molecule has 1 aliphatic rings. The van der Waals surface area contributed by atoms with E-state index in [1.54, 1.807) is 14.2 Å². The number of nitrogens with zero attached hydrogens (tertiary/aromatic N) is 4. The standard InChI is InChI=1S/C21H27N5O2/c1-5-16-14(2)23-20-13-17(15-6-7-18(27-3)19(12-15)28-4)24-26(20)21(16)25-10-8-22-9-11-25/h6-7,12-13,22H,5,8-11H2,1-4H3. The first-order valence-corrected chi connectivity index (χ1v) is 9.73. The van der Waals surface area contributed by atoms with Gasteiger partial charge < -0.3 is 19.7 Å². The fraction of sp³-hybridized carbons (Fsp3) is 0.429. The van der Waals surface area contributed by atoms with Crippen LogP contribution >= 0.6 is 0 Å². The fourth-order valence-corrected chi connectivity index (χ4v) is 3.89. The highest BCUT2D eigenvalue weighted by Gasteiger charge is 2.21. The number of aryl methyl sites for hydroxylation is 1. The van der Waals surface area contributed by atoms with Crippen LogP contribution in [0.2, 0.25) is 0 Å². The largest absolute Gasteiger partial charge is 0.493 e. The lowest BCUT2D eigenvalue weighted by atomic mass is 10.1. The van der Waals surface area contributed by atoms with E-state index >= 15 is 0 Å². The molecule has 1 fully saturated rings. The third-order valence-corrected chi connectivity index (χ3v) is 5.33. The molecule has 4 rings (SSSR count). The molecule has 1 saturated heterocycles. The average Bonchev–Trinajstić information content (AvgIpc) is 3.16. The maximum atomic E-state index is 5.46. The number of benzene rings is 1. The van der Waals surface area contributed by atoms with E-state index in [9.17, 15) is 0 Å². The molecule has 1 aliphatic heterocycles. The Labute approximate surface area is 165 Å². The summed E-state index contributed by atoms with van der Waals surface area (Å²) in [6.45, 7) is 8.17. The van der Waals surface area contributed by atoms with Gasteiger partial charge in [-0.05, 0) is 31.5 Å². The number of aromatic nitrogens is 3. The summed E-state index contributed by atoms with van der Waals surface area (Å²) in [5.41, 5.74) is 5.05. The number of nitrogens with one attached hydrogen (secondary N) is 1. The first-order chi connectivity index (χ1) is 13.7. The highest BCUT2D eigenvalue weighted by Crippen LogP contribution is 2.33. The van der Waals surface area contributed by atoms with E-state index in [1.165, 1.54) is 11.4 Å². The quantitative estimate of drug-likeness (QED) is 0.733. The van der Waals surface area contributed by atoms with Crippen molar-refractivity contribution >= 4 is 11.5 Å². The number of ether oxygens (including phenoxy) is 2. The lowest BCUT2D eigenvalue weighted by Crippen LogP contribution is -2.44. The minimum absolute atomic E-state index is 0.692. The van der Waals surface area contributed by atoms with Gasteiger partial charge in [-0.3, -0.25) is 0 Å². The Balaban J connectivity index is 1.87. The summed E-state index contributed by atoms with van der Waals surface area (Å²) in [7, 11) is 3.29. The van der Waals surface area contributed by atoms with E-state index in [-0.39, 0.29) is 0 Å². The molecule has 7 heteroatoms. The Morgan fingerprint density at radius 2 is 1.82 bits per heavy atom. The molecule has 0 aliphatic carbocycles. The van der Waals surface area contributed by atoms with Crippen molar-refractivity contribution in [3.63, 3.8) is 0 Å². The van der Waals surface area contributed by atoms with Crippen molar-refractivity contribution in [1.82, 2.24) is 19.9 Å². The van der Waals surface area contributed by atoms with Crippen LogP contribution < -0.4 is 19.7 Å². The molecule has 28 heavy (non-hydrogen) atoms. The second kappa shape index (κ2) is 7.67. The van der Waals surface area contributed by atoms with Crippen molar-refractivity contribution in [3.05, 3.63) is 35.5 Å². The maximum absolute atomic E-state index is 5.46. The number of anilines is 1. The van der Waals surface area contributed by atoms with Crippen LogP contribution in [0.3, 0.4) is 0 Å². The molecule has 1 N–H and O–H groups in total. The number of methoxy groups -OCH3 is 2. The molecule has 0 radical (unpaired) electrons. The smallest absolute Gasteiger partial charge is 0.161 e. The molecule has 2 aromatic heterocycles. The molecular weight excluding hydrogens is 354 g/mol. The SMILES string of the molecule is CCc1c(C)nc2cc(-c3ccc(OC)c(OC)c3)nn2c1N1CCNCC1. The van der Waals surface area contributed by atoms with Gasteiger partial charge in [-0.15, -0.1) is 0 Å². The van der Waals surface area contributed by atoms with Gasteiger partial charge in [0.05, 0.1) is 19.9 Å². The monoisotopic (exact) mass is 381 g/mol. The van der Waals surface area contributed by atoms with Crippen LogP contribution in [-0.2, 0) is 6.42 Å². The van der Waals surface area contributed by atoms with Gasteiger partial charge in [0, 0.05) is 49.1 Å². The van der Waals surface area contributed by atoms with Gasteiger partial charge in [0.1, 0.15) is 5.82 Å². The van der Waals surface area contributed by atoms with Gasteiger partial charge in [0.2, 0.25) is 0 Å². The van der Waals surface area contributed by atoms with Gasteiger partial charge in [0.15, 0.2) is 17.1 Å². The number of fused-ring (bicyclic) bond motifs is 1. The van der Waals surface area contributed by atoms with Gasteiger partial charge in [-0.25, -0.2) is 4.98 Å². The average molecular weight is 381 g/mol. The topological polar surface area (TPSA) is 63.9 Å². The number of hydrogen-bond donors (Lipinski definition) is 1. The van der Waals surface area contributed by atoms with Crippen LogP contribution in [0, 0.1) is 6.92 Å². The van der Waals surface area contributed by atoms with E-state index in [0.29, 0.717) is 11.5 Å². The zero-order valence-electron chi connectivity index (χ0n) is 17.0. The van der Waals surface area contributed by atoms with E-state index in [4.69, 9.17) is 19.6 Å². The molecule has 0 unspecified atom stereocenters. The van der Waals surface area contributed by atoms with Crippen LogP contribution in [0.1, 0.15) is 18.2 Å². The van der Waals surface area contributed by atoms with Crippen LogP contribution in [0.25, 0.3) is 16.9 Å². The minimum Gasteiger partial charge on any atom is -0.493 e. The normalized spacial score (nSPS) is 14.5. The molecule has 0 amide bonds. The van der Waals surface area contributed by atoms with E-state index in [0.717, 1.165) is 55.2 Å². The minimum atomic E-state index is 0.692. The predicted molar refractivity (Wildman–Crippen MR) is 111 cm³/mol. The van der Waals surface area contributed by atoms with Crippen LogP contribution in [0.4, 0.5) is 5.82 Å². The van der Waals surface area contributed by atoms with E-state index in [2.05, 4.69) is 24.1 Å². The molecular formula is C21H27N5O2. The molecule has 3 aromatic rings. The second-order valence-electron chi connectivity index (χ2n) is 6.96.